The minimum absolute atomic E-state index is 0.0333. The van der Waals surface area contributed by atoms with E-state index in [4.69, 9.17) is 16.0 Å². The molecule has 1 aliphatic heterocycles. The van der Waals surface area contributed by atoms with Crippen LogP contribution in [0.2, 0.25) is 0 Å². The Morgan fingerprint density at radius 2 is 2.18 bits per heavy atom. The molecule has 5 nitrogen and oxygen atoms in total. The van der Waals surface area contributed by atoms with Crippen molar-refractivity contribution in [1.82, 2.24) is 0 Å². The smallest absolute Gasteiger partial charge is 0.187 e. The molecule has 0 saturated carbocycles. The highest BCUT2D eigenvalue weighted by Gasteiger charge is 2.44. The number of nitrogens with zero attached hydrogens (tertiary/aromatic N) is 1. The van der Waals surface area contributed by atoms with Gasteiger partial charge in [0.25, 0.3) is 0 Å². The van der Waals surface area contributed by atoms with Gasteiger partial charge in [-0.1, -0.05) is 6.07 Å². The third kappa shape index (κ3) is 2.46. The van der Waals surface area contributed by atoms with Crippen LogP contribution in [-0.4, -0.2) is 22.6 Å². The highest BCUT2D eigenvalue weighted by atomic mass is 16.5. The fraction of sp³-hybridized carbons (Fsp3) is 0.412. The number of aliphatic hydroxyl groups excluding tert-OH is 1. The molecule has 5 heteroatoms. The highest BCUT2D eigenvalue weighted by Crippen LogP contribution is 2.44. The van der Waals surface area contributed by atoms with Gasteiger partial charge >= 0.3 is 0 Å². The number of ether oxygens (including phenoxy) is 2. The number of carbonyl (C=O) groups excluding carboxylic acids is 1. The molecule has 0 saturated heterocycles. The predicted octanol–water partition coefficient (Wildman–Crippen LogP) is 3.07. The van der Waals surface area contributed by atoms with Gasteiger partial charge in [0.15, 0.2) is 17.6 Å². The Labute approximate surface area is 129 Å². The average molecular weight is 299 g/mol. The molecular weight excluding hydrogens is 282 g/mol. The van der Waals surface area contributed by atoms with Crippen LogP contribution in [0.5, 0.6) is 5.75 Å². The second-order valence-corrected chi connectivity index (χ2v) is 6.10. The van der Waals surface area contributed by atoms with Crippen LogP contribution in [0, 0.1) is 6.57 Å². The number of benzene rings is 1. The first-order valence-electron chi connectivity index (χ1n) is 7.19. The van der Waals surface area contributed by atoms with Crippen molar-refractivity contribution < 1.29 is 19.4 Å². The van der Waals surface area contributed by atoms with Crippen molar-refractivity contribution in [1.29, 1.82) is 0 Å². The molecule has 1 aliphatic carbocycles. The lowest BCUT2D eigenvalue weighted by Crippen LogP contribution is -2.49. The van der Waals surface area contributed by atoms with E-state index < -0.39 is 17.8 Å². The van der Waals surface area contributed by atoms with Crippen LogP contribution in [0.3, 0.4) is 0 Å². The van der Waals surface area contributed by atoms with Gasteiger partial charge in [-0.15, -0.1) is 0 Å². The van der Waals surface area contributed by atoms with E-state index in [9.17, 15) is 9.90 Å². The van der Waals surface area contributed by atoms with Crippen LogP contribution < -0.4 is 4.74 Å². The first-order chi connectivity index (χ1) is 10.4. The quantitative estimate of drug-likeness (QED) is 0.853. The Morgan fingerprint density at radius 1 is 1.41 bits per heavy atom. The molecule has 1 heterocycles. The largest absolute Gasteiger partial charge is 0.487 e. The highest BCUT2D eigenvalue weighted by molar-refractivity contribution is 5.92. The zero-order chi connectivity index (χ0) is 15.9. The molecule has 3 rings (SSSR count). The van der Waals surface area contributed by atoms with Crippen LogP contribution in [0.25, 0.3) is 4.85 Å². The lowest BCUT2D eigenvalue weighted by atomic mass is 9.88. The summed E-state index contributed by atoms with van der Waals surface area (Å²) in [4.78, 5) is 14.8. The molecule has 1 aromatic rings. The number of rotatable bonds is 2. The minimum Gasteiger partial charge on any atom is -0.487 e. The van der Waals surface area contributed by atoms with Crippen molar-refractivity contribution >= 4 is 11.5 Å². The van der Waals surface area contributed by atoms with Gasteiger partial charge < -0.3 is 14.6 Å². The number of hydrogen-bond donors (Lipinski definition) is 1. The number of allylic oxidation sites excluding steroid dienone is 2. The molecule has 1 N–H and O–H groups in total. The molecule has 0 fully saturated rings. The number of carbonyl (C=O) groups is 1. The normalized spacial score (nSPS) is 25.7. The summed E-state index contributed by atoms with van der Waals surface area (Å²) >= 11 is 0. The third-order valence-corrected chi connectivity index (χ3v) is 4.02. The Bertz CT molecular complexity index is 699. The van der Waals surface area contributed by atoms with E-state index in [0.29, 0.717) is 35.6 Å². The lowest BCUT2D eigenvalue weighted by Gasteiger charge is -2.42. The summed E-state index contributed by atoms with van der Waals surface area (Å²) in [6, 6.07) is 5.07. The van der Waals surface area contributed by atoms with Gasteiger partial charge in [-0.3, -0.25) is 4.79 Å². The standard InChI is InChI=1S/C17H17NO4/c1-17(2)16(20)15(21-12-6-5-11(19)9-12)13-8-10(18-3)4-7-14(13)22-17/h4,7-9,15-16,20H,5-6H2,1-2H3/t15-,16-/m1/s1. The molecule has 0 spiro atoms. The van der Waals surface area contributed by atoms with Crippen LogP contribution in [0.15, 0.2) is 30.0 Å². The van der Waals surface area contributed by atoms with E-state index in [1.165, 1.54) is 6.08 Å². The van der Waals surface area contributed by atoms with Gasteiger partial charge in [0.2, 0.25) is 0 Å². The van der Waals surface area contributed by atoms with E-state index >= 15 is 0 Å². The fourth-order valence-corrected chi connectivity index (χ4v) is 2.75. The predicted molar refractivity (Wildman–Crippen MR) is 79.6 cm³/mol. The molecular formula is C17H17NO4. The van der Waals surface area contributed by atoms with E-state index in [0.717, 1.165) is 0 Å². The van der Waals surface area contributed by atoms with Gasteiger partial charge in [-0.2, -0.15) is 0 Å². The maximum atomic E-state index is 11.4. The van der Waals surface area contributed by atoms with Crippen molar-refractivity contribution in [2.24, 2.45) is 0 Å². The molecule has 2 aliphatic rings. The van der Waals surface area contributed by atoms with Gasteiger partial charge in [-0.25, -0.2) is 4.85 Å². The van der Waals surface area contributed by atoms with Gasteiger partial charge in [-0.05, 0) is 26.0 Å². The Morgan fingerprint density at radius 3 is 2.82 bits per heavy atom. The molecule has 0 radical (unpaired) electrons. The minimum atomic E-state index is -0.905. The molecule has 0 bridgehead atoms. The second-order valence-electron chi connectivity index (χ2n) is 6.10. The molecule has 114 valence electrons. The first kappa shape index (κ1) is 14.6. The number of hydrogen-bond acceptors (Lipinski definition) is 4. The molecule has 1 aromatic carbocycles. The van der Waals surface area contributed by atoms with Gasteiger partial charge in [0.1, 0.15) is 23.2 Å². The SMILES string of the molecule is [C-]#[N+]c1ccc2c(c1)[C@@H](OC1=CC(=O)CC1)[C@@H](O)C(C)(C)O2. The van der Waals surface area contributed by atoms with Crippen LogP contribution >= 0.6 is 0 Å². The Balaban J connectivity index is 2.01. The number of fused-ring (bicyclic) bond motifs is 1. The van der Waals surface area contributed by atoms with Crippen molar-refractivity contribution in [2.45, 2.75) is 44.5 Å². The average Bonchev–Trinajstić information content (AvgIpc) is 2.88. The maximum absolute atomic E-state index is 11.4. The molecule has 2 atom stereocenters. The Hall–Kier alpha value is -2.32. The second kappa shape index (κ2) is 5.15. The monoisotopic (exact) mass is 299 g/mol. The van der Waals surface area contributed by atoms with Crippen molar-refractivity contribution in [3.63, 3.8) is 0 Å². The molecule has 22 heavy (non-hydrogen) atoms. The summed E-state index contributed by atoms with van der Waals surface area (Å²) in [7, 11) is 0. The number of ketones is 1. The van der Waals surface area contributed by atoms with E-state index in [2.05, 4.69) is 4.85 Å². The first-order valence-corrected chi connectivity index (χ1v) is 7.19. The van der Waals surface area contributed by atoms with E-state index in [-0.39, 0.29) is 5.78 Å². The van der Waals surface area contributed by atoms with Gasteiger partial charge in [0.05, 0.1) is 6.57 Å². The lowest BCUT2D eigenvalue weighted by molar-refractivity contribution is -0.120. The summed E-state index contributed by atoms with van der Waals surface area (Å²) in [6.45, 7) is 10.7. The summed E-state index contributed by atoms with van der Waals surface area (Å²) in [5, 5.41) is 10.6. The zero-order valence-electron chi connectivity index (χ0n) is 12.5. The summed E-state index contributed by atoms with van der Waals surface area (Å²) in [5.41, 5.74) is 0.278. The fourth-order valence-electron chi connectivity index (χ4n) is 2.75. The van der Waals surface area contributed by atoms with Crippen molar-refractivity contribution in [2.75, 3.05) is 0 Å². The third-order valence-electron chi connectivity index (χ3n) is 4.02. The maximum Gasteiger partial charge on any atom is 0.187 e. The topological polar surface area (TPSA) is 60.1 Å². The van der Waals surface area contributed by atoms with Crippen molar-refractivity contribution in [3.05, 3.63) is 47.0 Å². The van der Waals surface area contributed by atoms with Crippen LogP contribution in [-0.2, 0) is 9.53 Å². The molecule has 0 unspecified atom stereocenters. The van der Waals surface area contributed by atoms with Crippen LogP contribution in [0.1, 0.15) is 38.4 Å². The summed E-state index contributed by atoms with van der Waals surface area (Å²) in [6.07, 6.45) is 0.900. The summed E-state index contributed by atoms with van der Waals surface area (Å²) in [5.74, 6) is 1.20. The van der Waals surface area contributed by atoms with Gasteiger partial charge in [0, 0.05) is 24.5 Å². The van der Waals surface area contributed by atoms with Crippen LogP contribution in [0.4, 0.5) is 5.69 Å². The number of aliphatic hydroxyl groups is 1. The van der Waals surface area contributed by atoms with Crippen molar-refractivity contribution in [3.8, 4) is 5.75 Å². The van der Waals surface area contributed by atoms with E-state index in [1.54, 1.807) is 32.0 Å². The van der Waals surface area contributed by atoms with E-state index in [1.807, 2.05) is 0 Å². The Kier molecular flexibility index (Phi) is 3.42. The molecule has 0 amide bonds. The zero-order valence-corrected chi connectivity index (χ0v) is 12.5. The summed E-state index contributed by atoms with van der Waals surface area (Å²) < 4.78 is 11.7. The molecule has 0 aromatic heterocycles.